The van der Waals surface area contributed by atoms with Gasteiger partial charge in [0.2, 0.25) is 11.9 Å². The van der Waals surface area contributed by atoms with Crippen molar-refractivity contribution in [3.63, 3.8) is 0 Å². The fraction of sp³-hybridized carbons (Fsp3) is 0.150. The summed E-state index contributed by atoms with van der Waals surface area (Å²) in [4.78, 5) is 20.1. The Morgan fingerprint density at radius 1 is 1.18 bits per heavy atom. The van der Waals surface area contributed by atoms with Crippen molar-refractivity contribution in [3.05, 3.63) is 70.9 Å². The van der Waals surface area contributed by atoms with Crippen LogP contribution in [-0.4, -0.2) is 25.7 Å². The van der Waals surface area contributed by atoms with Crippen molar-refractivity contribution in [2.45, 2.75) is 19.3 Å². The number of halogens is 2. The maximum absolute atomic E-state index is 14.4. The number of amides is 1. The summed E-state index contributed by atoms with van der Waals surface area (Å²) >= 11 is 0. The van der Waals surface area contributed by atoms with E-state index in [9.17, 15) is 13.6 Å². The Kier molecular flexibility index (Phi) is 3.55. The molecule has 0 spiro atoms. The molecule has 0 radical (unpaired) electrons. The van der Waals surface area contributed by atoms with E-state index in [4.69, 9.17) is 0 Å². The number of nitrogens with zero attached hydrogens (tertiary/aromatic N) is 3. The Hall–Kier alpha value is -3.55. The molecule has 0 fully saturated rings. The van der Waals surface area contributed by atoms with Gasteiger partial charge in [0, 0.05) is 17.9 Å². The number of hydrogen-bond acceptors (Lipinski definition) is 3. The zero-order valence-electron chi connectivity index (χ0n) is 14.8. The first-order chi connectivity index (χ1) is 13.5. The van der Waals surface area contributed by atoms with Crippen LogP contribution >= 0.6 is 0 Å². The highest BCUT2D eigenvalue weighted by Gasteiger charge is 2.34. The molecule has 2 aromatic heterocycles. The van der Waals surface area contributed by atoms with Crippen LogP contribution in [0.15, 0.2) is 42.5 Å². The topological polar surface area (TPSA) is 75.6 Å². The van der Waals surface area contributed by atoms with E-state index in [-0.39, 0.29) is 17.9 Å². The van der Waals surface area contributed by atoms with Gasteiger partial charge in [-0.1, -0.05) is 12.1 Å². The van der Waals surface area contributed by atoms with Crippen LogP contribution in [0.3, 0.4) is 0 Å². The van der Waals surface area contributed by atoms with Gasteiger partial charge < -0.3 is 10.3 Å². The lowest BCUT2D eigenvalue weighted by molar-refractivity contribution is -0.116. The van der Waals surface area contributed by atoms with Crippen molar-refractivity contribution in [1.82, 2.24) is 19.7 Å². The minimum absolute atomic E-state index is 0.0139. The van der Waals surface area contributed by atoms with Gasteiger partial charge in [-0.3, -0.25) is 4.79 Å². The Balaban J connectivity index is 1.70. The minimum Gasteiger partial charge on any atom is -0.322 e. The van der Waals surface area contributed by atoms with Crippen molar-refractivity contribution in [1.29, 1.82) is 0 Å². The lowest BCUT2D eigenvalue weighted by Crippen LogP contribution is -2.25. The Labute approximate surface area is 158 Å². The molecule has 1 aliphatic rings. The van der Waals surface area contributed by atoms with Crippen LogP contribution in [0.25, 0.3) is 17.0 Å². The van der Waals surface area contributed by atoms with Crippen LogP contribution < -0.4 is 5.32 Å². The second kappa shape index (κ2) is 5.98. The smallest absolute Gasteiger partial charge is 0.231 e. The lowest BCUT2D eigenvalue weighted by atomic mass is 9.85. The largest absolute Gasteiger partial charge is 0.322 e. The van der Waals surface area contributed by atoms with Crippen molar-refractivity contribution in [2.75, 3.05) is 5.32 Å². The van der Waals surface area contributed by atoms with Crippen molar-refractivity contribution < 1.29 is 13.6 Å². The Morgan fingerprint density at radius 2 is 2.00 bits per heavy atom. The molecule has 0 aliphatic carbocycles. The van der Waals surface area contributed by atoms with Gasteiger partial charge in [0.15, 0.2) is 0 Å². The highest BCUT2D eigenvalue weighted by atomic mass is 19.1. The third-order valence-electron chi connectivity index (χ3n) is 5.01. The molecule has 2 N–H and O–H groups in total. The molecule has 1 aliphatic heterocycles. The monoisotopic (exact) mass is 379 g/mol. The summed E-state index contributed by atoms with van der Waals surface area (Å²) < 4.78 is 29.7. The van der Waals surface area contributed by atoms with E-state index in [0.717, 1.165) is 29.2 Å². The molecule has 1 atom stereocenters. The molecule has 0 saturated heterocycles. The summed E-state index contributed by atoms with van der Waals surface area (Å²) in [6, 6.07) is 10.8. The minimum atomic E-state index is -0.627. The molecule has 8 heteroatoms. The van der Waals surface area contributed by atoms with Gasteiger partial charge in [0.1, 0.15) is 17.5 Å². The number of benzene rings is 2. The van der Waals surface area contributed by atoms with Crippen LogP contribution in [0.4, 0.5) is 14.6 Å². The molecule has 140 valence electrons. The number of fused-ring (bicyclic) bond motifs is 2. The van der Waals surface area contributed by atoms with Gasteiger partial charge in [-0.05, 0) is 42.8 Å². The Bertz CT molecular complexity index is 1210. The van der Waals surface area contributed by atoms with Gasteiger partial charge in [-0.2, -0.15) is 9.78 Å². The average Bonchev–Trinajstić information content (AvgIpc) is 3.24. The number of aryl methyl sites for hydroxylation is 1. The maximum atomic E-state index is 14.4. The molecule has 4 aromatic rings. The summed E-state index contributed by atoms with van der Waals surface area (Å²) in [6.45, 7) is 1.78. The molecular weight excluding hydrogens is 364 g/mol. The molecule has 5 rings (SSSR count). The highest BCUT2D eigenvalue weighted by molar-refractivity contribution is 5.95. The summed E-state index contributed by atoms with van der Waals surface area (Å²) in [5.74, 6) is -1.17. The van der Waals surface area contributed by atoms with E-state index < -0.39 is 17.6 Å². The first-order valence-corrected chi connectivity index (χ1v) is 8.80. The fourth-order valence-electron chi connectivity index (χ4n) is 3.79. The van der Waals surface area contributed by atoms with Crippen molar-refractivity contribution in [2.24, 2.45) is 0 Å². The number of imidazole rings is 1. The predicted octanol–water partition coefficient (Wildman–Crippen LogP) is 3.81. The number of para-hydroxylation sites is 2. The Morgan fingerprint density at radius 3 is 2.82 bits per heavy atom. The number of carbonyl (C=O) groups is 1. The SMILES string of the molecule is Cc1nn(-c2nc3ccccc3[nH]2)c2c1[C@@H](c1cc(F)ccc1F)CC(=O)N2. The van der Waals surface area contributed by atoms with Gasteiger partial charge in [0.25, 0.3) is 0 Å². The zero-order valence-corrected chi connectivity index (χ0v) is 14.8. The quantitative estimate of drug-likeness (QED) is 0.556. The highest BCUT2D eigenvalue weighted by Crippen LogP contribution is 2.41. The maximum Gasteiger partial charge on any atom is 0.231 e. The number of hydrogen-bond donors (Lipinski definition) is 2. The summed E-state index contributed by atoms with van der Waals surface area (Å²) in [6.07, 6.45) is 0.0139. The second-order valence-corrected chi connectivity index (χ2v) is 6.81. The number of anilines is 1. The van der Waals surface area contributed by atoms with E-state index in [0.29, 0.717) is 23.0 Å². The van der Waals surface area contributed by atoms with E-state index in [1.54, 1.807) is 6.92 Å². The van der Waals surface area contributed by atoms with Gasteiger partial charge in [0.05, 0.1) is 16.7 Å². The molecule has 6 nitrogen and oxygen atoms in total. The second-order valence-electron chi connectivity index (χ2n) is 6.81. The predicted molar refractivity (Wildman–Crippen MR) is 99.4 cm³/mol. The van der Waals surface area contributed by atoms with Crippen LogP contribution in [0.1, 0.15) is 29.2 Å². The van der Waals surface area contributed by atoms with E-state index in [2.05, 4.69) is 20.4 Å². The molecular formula is C20H15F2N5O. The number of H-pyrrole nitrogens is 1. The van der Waals surface area contributed by atoms with E-state index in [1.165, 1.54) is 4.68 Å². The number of aromatic nitrogens is 4. The first-order valence-electron chi connectivity index (χ1n) is 8.80. The van der Waals surface area contributed by atoms with Crippen molar-refractivity contribution >= 4 is 22.8 Å². The van der Waals surface area contributed by atoms with Crippen LogP contribution in [0, 0.1) is 18.6 Å². The average molecular weight is 379 g/mol. The zero-order chi connectivity index (χ0) is 19.4. The van der Waals surface area contributed by atoms with Crippen LogP contribution in [-0.2, 0) is 4.79 Å². The summed E-state index contributed by atoms with van der Waals surface area (Å²) in [7, 11) is 0. The molecule has 0 saturated carbocycles. The molecule has 28 heavy (non-hydrogen) atoms. The van der Waals surface area contributed by atoms with Crippen molar-refractivity contribution in [3.8, 4) is 5.95 Å². The first kappa shape index (κ1) is 16.6. The van der Waals surface area contributed by atoms with Gasteiger partial charge >= 0.3 is 0 Å². The lowest BCUT2D eigenvalue weighted by Gasteiger charge is -2.24. The molecule has 1 amide bonds. The van der Waals surface area contributed by atoms with E-state index in [1.807, 2.05) is 24.3 Å². The van der Waals surface area contributed by atoms with E-state index >= 15 is 0 Å². The summed E-state index contributed by atoms with van der Waals surface area (Å²) in [5, 5.41) is 7.32. The standard InChI is InChI=1S/C20H15F2N5O/c1-10-18-13(12-8-11(21)6-7-14(12)22)9-17(28)25-19(18)27(26-10)20-23-15-4-2-3-5-16(15)24-20/h2-8,13H,9H2,1H3,(H,23,24)(H,25,28)/t13-/m1/s1. The molecule has 2 aromatic carbocycles. The number of aromatic amines is 1. The molecule has 0 bridgehead atoms. The number of carbonyl (C=O) groups excluding carboxylic acids is 1. The number of rotatable bonds is 2. The molecule has 0 unspecified atom stereocenters. The van der Waals surface area contributed by atoms with Gasteiger partial charge in [-0.15, -0.1) is 0 Å². The molecule has 3 heterocycles. The fourth-order valence-corrected chi connectivity index (χ4v) is 3.79. The third-order valence-corrected chi connectivity index (χ3v) is 5.01. The van der Waals surface area contributed by atoms with Crippen LogP contribution in [0.2, 0.25) is 0 Å². The summed E-state index contributed by atoms with van der Waals surface area (Å²) in [5.41, 5.74) is 3.00. The number of nitrogens with one attached hydrogen (secondary N) is 2. The third kappa shape index (κ3) is 2.49. The van der Waals surface area contributed by atoms with Crippen LogP contribution in [0.5, 0.6) is 0 Å². The van der Waals surface area contributed by atoms with Gasteiger partial charge in [-0.25, -0.2) is 13.8 Å². The normalized spacial score (nSPS) is 16.2.